The summed E-state index contributed by atoms with van der Waals surface area (Å²) >= 11 is 12.2. The van der Waals surface area contributed by atoms with Gasteiger partial charge < -0.3 is 10.1 Å². The van der Waals surface area contributed by atoms with E-state index in [4.69, 9.17) is 23.2 Å². The highest BCUT2D eigenvalue weighted by Gasteiger charge is 2.21. The van der Waals surface area contributed by atoms with E-state index in [0.717, 1.165) is 0 Å². The smallest absolute Gasteiger partial charge is 0.352 e. The maximum atomic E-state index is 12.2. The number of halogens is 2. The molecule has 3 N–H and O–H groups in total. The zero-order valence-corrected chi connectivity index (χ0v) is 17.2. The van der Waals surface area contributed by atoms with Crippen LogP contribution in [0.2, 0.25) is 10.0 Å². The van der Waals surface area contributed by atoms with Crippen molar-refractivity contribution in [2.75, 3.05) is 0 Å². The first-order valence-corrected chi connectivity index (χ1v) is 10.8. The molecular weight excluding hydrogens is 439 g/mol. The minimum absolute atomic E-state index is 0.0122. The standard InChI is InChI=1S/C19H16Cl2N2O5S/c20-11-9-14(21)17-13(18(19(25)26)22-15(17)10-11)7-4-8-16(24)23-29(27,28)12-5-2-1-3-6-12/h1-3,5-6,9-10,22H,4,7-8H2,(H,23,24)(H,25,26). The van der Waals surface area contributed by atoms with Gasteiger partial charge in [0.2, 0.25) is 5.91 Å². The molecule has 0 atom stereocenters. The molecule has 0 bridgehead atoms. The monoisotopic (exact) mass is 454 g/mol. The van der Waals surface area contributed by atoms with E-state index in [0.29, 0.717) is 26.5 Å². The molecule has 1 heterocycles. The van der Waals surface area contributed by atoms with E-state index in [2.05, 4.69) is 4.98 Å². The summed E-state index contributed by atoms with van der Waals surface area (Å²) in [7, 11) is -3.95. The second-order valence-electron chi connectivity index (χ2n) is 6.29. The molecule has 0 fully saturated rings. The van der Waals surface area contributed by atoms with Crippen LogP contribution in [-0.2, 0) is 21.2 Å². The molecule has 10 heteroatoms. The summed E-state index contributed by atoms with van der Waals surface area (Å²) in [5.74, 6) is -1.85. The van der Waals surface area contributed by atoms with E-state index < -0.39 is 21.9 Å². The van der Waals surface area contributed by atoms with Crippen molar-refractivity contribution >= 4 is 56.0 Å². The van der Waals surface area contributed by atoms with Crippen molar-refractivity contribution in [3.8, 4) is 0 Å². The second-order valence-corrected chi connectivity index (χ2v) is 8.82. The predicted octanol–water partition coefficient (Wildman–Crippen LogP) is 4.00. The summed E-state index contributed by atoms with van der Waals surface area (Å²) in [6.45, 7) is 0. The number of hydrogen-bond donors (Lipinski definition) is 3. The number of aromatic amines is 1. The highest BCUT2D eigenvalue weighted by molar-refractivity contribution is 7.90. The lowest BCUT2D eigenvalue weighted by Gasteiger charge is -2.07. The van der Waals surface area contributed by atoms with Crippen LogP contribution in [0, 0.1) is 0 Å². The Morgan fingerprint density at radius 3 is 2.45 bits per heavy atom. The number of carbonyl (C=O) groups excluding carboxylic acids is 1. The topological polar surface area (TPSA) is 116 Å². The van der Waals surface area contributed by atoms with Gasteiger partial charge >= 0.3 is 5.97 Å². The number of fused-ring (bicyclic) bond motifs is 1. The number of benzene rings is 2. The number of nitrogens with one attached hydrogen (secondary N) is 2. The third kappa shape index (κ3) is 4.72. The summed E-state index contributed by atoms with van der Waals surface area (Å²) in [6.07, 6.45) is 0.327. The predicted molar refractivity (Wildman–Crippen MR) is 110 cm³/mol. The Morgan fingerprint density at radius 1 is 1.10 bits per heavy atom. The molecule has 0 aliphatic carbocycles. The van der Waals surface area contributed by atoms with Gasteiger partial charge in [-0.2, -0.15) is 0 Å². The Hall–Kier alpha value is -2.55. The maximum Gasteiger partial charge on any atom is 0.352 e. The summed E-state index contributed by atoms with van der Waals surface area (Å²) in [4.78, 5) is 26.4. The largest absolute Gasteiger partial charge is 0.477 e. The summed E-state index contributed by atoms with van der Waals surface area (Å²) < 4.78 is 26.4. The number of amides is 1. The molecule has 1 aromatic heterocycles. The number of rotatable bonds is 7. The number of carbonyl (C=O) groups is 2. The first-order chi connectivity index (χ1) is 13.7. The number of aromatic nitrogens is 1. The van der Waals surface area contributed by atoms with Crippen LogP contribution in [0.1, 0.15) is 28.9 Å². The van der Waals surface area contributed by atoms with Gasteiger partial charge in [0.25, 0.3) is 10.0 Å². The second kappa shape index (κ2) is 8.44. The molecule has 0 saturated carbocycles. The Balaban J connectivity index is 1.73. The first-order valence-electron chi connectivity index (χ1n) is 8.52. The van der Waals surface area contributed by atoms with Gasteiger partial charge in [-0.15, -0.1) is 0 Å². The molecule has 0 saturated heterocycles. The summed E-state index contributed by atoms with van der Waals surface area (Å²) in [5.41, 5.74) is 0.875. The number of H-pyrrole nitrogens is 1. The van der Waals surface area contributed by atoms with Crippen molar-refractivity contribution in [1.82, 2.24) is 9.71 Å². The SMILES string of the molecule is O=C(CCCc1c(C(=O)O)[nH]c2cc(Cl)cc(Cl)c12)NS(=O)(=O)c1ccccc1. The van der Waals surface area contributed by atoms with Crippen LogP contribution in [0.25, 0.3) is 10.9 Å². The maximum absolute atomic E-state index is 12.2. The van der Waals surface area contributed by atoms with E-state index in [1.54, 1.807) is 24.3 Å². The molecule has 3 rings (SSSR count). The van der Waals surface area contributed by atoms with Gasteiger partial charge in [0.1, 0.15) is 5.69 Å². The third-order valence-corrected chi connectivity index (χ3v) is 6.17. The van der Waals surface area contributed by atoms with E-state index >= 15 is 0 Å². The molecule has 0 unspecified atom stereocenters. The molecule has 152 valence electrons. The van der Waals surface area contributed by atoms with Gasteiger partial charge in [0.15, 0.2) is 0 Å². The quantitative estimate of drug-likeness (QED) is 0.498. The summed E-state index contributed by atoms with van der Waals surface area (Å²) in [6, 6.07) is 10.6. The lowest BCUT2D eigenvalue weighted by atomic mass is 10.0. The fourth-order valence-corrected chi connectivity index (χ4v) is 4.67. The Labute approximate surface area is 176 Å². The lowest BCUT2D eigenvalue weighted by Crippen LogP contribution is -2.30. The zero-order chi connectivity index (χ0) is 21.2. The Morgan fingerprint density at radius 2 is 1.79 bits per heavy atom. The van der Waals surface area contributed by atoms with Gasteiger partial charge in [0.05, 0.1) is 9.92 Å². The fourth-order valence-electron chi connectivity index (χ4n) is 3.03. The minimum atomic E-state index is -3.95. The molecule has 0 spiro atoms. The van der Waals surface area contributed by atoms with Gasteiger partial charge in [-0.25, -0.2) is 17.9 Å². The number of carboxylic acids is 1. The van der Waals surface area contributed by atoms with Crippen molar-refractivity contribution < 1.29 is 23.1 Å². The molecule has 0 aliphatic rings. The van der Waals surface area contributed by atoms with Crippen LogP contribution >= 0.6 is 23.2 Å². The zero-order valence-electron chi connectivity index (χ0n) is 14.9. The van der Waals surface area contributed by atoms with Crippen LogP contribution in [0.15, 0.2) is 47.4 Å². The van der Waals surface area contributed by atoms with E-state index in [1.165, 1.54) is 18.2 Å². The normalized spacial score (nSPS) is 11.5. The van der Waals surface area contributed by atoms with Crippen molar-refractivity contribution in [3.05, 3.63) is 63.8 Å². The van der Waals surface area contributed by atoms with Crippen LogP contribution in [0.4, 0.5) is 0 Å². The number of carboxylic acid groups (broad SMARTS) is 1. The highest BCUT2D eigenvalue weighted by atomic mass is 35.5. The van der Waals surface area contributed by atoms with Crippen molar-refractivity contribution in [1.29, 1.82) is 0 Å². The van der Waals surface area contributed by atoms with Crippen molar-refractivity contribution in [2.45, 2.75) is 24.2 Å². The fraction of sp³-hybridized carbons (Fsp3) is 0.158. The number of aryl methyl sites for hydroxylation is 1. The lowest BCUT2D eigenvalue weighted by molar-refractivity contribution is -0.119. The molecule has 0 radical (unpaired) electrons. The van der Waals surface area contributed by atoms with Gasteiger partial charge in [-0.3, -0.25) is 4.79 Å². The average Bonchev–Trinajstić information content (AvgIpc) is 3.01. The van der Waals surface area contributed by atoms with Gasteiger partial charge in [-0.05, 0) is 42.7 Å². The molecule has 2 aromatic carbocycles. The van der Waals surface area contributed by atoms with Crippen molar-refractivity contribution in [3.63, 3.8) is 0 Å². The molecule has 1 amide bonds. The average molecular weight is 455 g/mol. The van der Waals surface area contributed by atoms with Crippen molar-refractivity contribution in [2.24, 2.45) is 0 Å². The van der Waals surface area contributed by atoms with E-state index in [1.807, 2.05) is 4.72 Å². The molecule has 3 aromatic rings. The minimum Gasteiger partial charge on any atom is -0.477 e. The molecule has 7 nitrogen and oxygen atoms in total. The highest BCUT2D eigenvalue weighted by Crippen LogP contribution is 2.33. The molecule has 0 aliphatic heterocycles. The number of aromatic carboxylic acids is 1. The Bertz CT molecular complexity index is 1190. The van der Waals surface area contributed by atoms with Crippen LogP contribution in [-0.4, -0.2) is 30.4 Å². The third-order valence-electron chi connectivity index (χ3n) is 4.26. The Kier molecular flexibility index (Phi) is 6.16. The van der Waals surface area contributed by atoms with E-state index in [-0.39, 0.29) is 29.9 Å². The molecule has 29 heavy (non-hydrogen) atoms. The molecular formula is C19H16Cl2N2O5S. The van der Waals surface area contributed by atoms with Gasteiger partial charge in [-0.1, -0.05) is 41.4 Å². The first kappa shape index (κ1) is 21.2. The van der Waals surface area contributed by atoms with Crippen LogP contribution < -0.4 is 4.72 Å². The van der Waals surface area contributed by atoms with E-state index in [9.17, 15) is 23.1 Å². The van der Waals surface area contributed by atoms with Crippen LogP contribution in [0.5, 0.6) is 0 Å². The number of hydrogen-bond acceptors (Lipinski definition) is 4. The van der Waals surface area contributed by atoms with Gasteiger partial charge in [0, 0.05) is 22.3 Å². The summed E-state index contributed by atoms with van der Waals surface area (Å²) in [5, 5.41) is 10.6. The van der Waals surface area contributed by atoms with Crippen LogP contribution in [0.3, 0.4) is 0 Å². The number of sulfonamides is 1.